The van der Waals surface area contributed by atoms with Gasteiger partial charge >= 0.3 is 0 Å². The minimum absolute atomic E-state index is 0.0399. The Kier molecular flexibility index (Phi) is 4.63. The second-order valence-corrected chi connectivity index (χ2v) is 8.53. The smallest absolute Gasteiger partial charge is 0.240 e. The molecule has 0 radical (unpaired) electrons. The summed E-state index contributed by atoms with van der Waals surface area (Å²) in [7, 11) is 3.23. The summed E-state index contributed by atoms with van der Waals surface area (Å²) in [6, 6.07) is 5.53. The van der Waals surface area contributed by atoms with Crippen molar-refractivity contribution in [2.24, 2.45) is 28.3 Å². The van der Waals surface area contributed by atoms with Gasteiger partial charge in [0.05, 0.1) is 20.4 Å². The molecule has 1 aromatic rings. The highest BCUT2D eigenvalue weighted by molar-refractivity contribution is 5.83. The molecule has 4 aliphatic rings. The molecule has 0 heterocycles. The average molecular weight is 356 g/mol. The van der Waals surface area contributed by atoms with Crippen LogP contribution in [0.3, 0.4) is 0 Å². The van der Waals surface area contributed by atoms with Gasteiger partial charge in [0.2, 0.25) is 5.91 Å². The predicted octanol–water partition coefficient (Wildman–Crippen LogP) is 3.76. The molecule has 4 saturated carbocycles. The normalized spacial score (nSPS) is 32.0. The topological polar surface area (TPSA) is 59.9 Å². The van der Waals surface area contributed by atoms with Gasteiger partial charge in [-0.05, 0) is 73.8 Å². The number of rotatable bonds is 6. The van der Waals surface area contributed by atoms with Crippen molar-refractivity contribution in [1.82, 2.24) is 5.43 Å². The summed E-state index contributed by atoms with van der Waals surface area (Å²) in [4.78, 5) is 12.5. The lowest BCUT2D eigenvalue weighted by molar-refractivity contribution is -0.129. The number of hydrogen-bond donors (Lipinski definition) is 1. The van der Waals surface area contributed by atoms with E-state index in [-0.39, 0.29) is 11.3 Å². The first-order valence-electron chi connectivity index (χ1n) is 9.62. The van der Waals surface area contributed by atoms with Gasteiger partial charge in [-0.1, -0.05) is 0 Å². The highest BCUT2D eigenvalue weighted by atomic mass is 16.5. The van der Waals surface area contributed by atoms with Crippen LogP contribution in [-0.4, -0.2) is 26.3 Å². The van der Waals surface area contributed by atoms with Crippen LogP contribution in [0.1, 0.15) is 50.5 Å². The van der Waals surface area contributed by atoms with Crippen LogP contribution in [0.25, 0.3) is 0 Å². The average Bonchev–Trinajstić information content (AvgIpc) is 2.59. The Hall–Kier alpha value is -2.04. The van der Waals surface area contributed by atoms with Crippen LogP contribution in [0.5, 0.6) is 11.5 Å². The Morgan fingerprint density at radius 2 is 1.62 bits per heavy atom. The molecular formula is C21H28N2O3. The number of methoxy groups -OCH3 is 2. The number of hydrogen-bond acceptors (Lipinski definition) is 4. The zero-order valence-corrected chi connectivity index (χ0v) is 15.7. The first-order valence-corrected chi connectivity index (χ1v) is 9.62. The van der Waals surface area contributed by atoms with Crippen LogP contribution in [0.15, 0.2) is 23.3 Å². The van der Waals surface area contributed by atoms with E-state index < -0.39 is 0 Å². The number of nitrogens with zero attached hydrogens (tertiary/aromatic N) is 1. The molecule has 1 amide bonds. The molecule has 0 spiro atoms. The fraction of sp³-hybridized carbons (Fsp3) is 0.619. The number of nitrogens with one attached hydrogen (secondary N) is 1. The van der Waals surface area contributed by atoms with E-state index >= 15 is 0 Å². The fourth-order valence-corrected chi connectivity index (χ4v) is 5.97. The van der Waals surface area contributed by atoms with Crippen molar-refractivity contribution in [3.05, 3.63) is 23.8 Å². The molecule has 4 aliphatic carbocycles. The lowest BCUT2D eigenvalue weighted by atomic mass is 9.49. The molecule has 5 heteroatoms. The van der Waals surface area contributed by atoms with Gasteiger partial charge in [0, 0.05) is 18.1 Å². The van der Waals surface area contributed by atoms with E-state index in [0.29, 0.717) is 17.9 Å². The van der Waals surface area contributed by atoms with E-state index in [2.05, 4.69) is 10.5 Å². The maximum absolute atomic E-state index is 12.5. The Bertz CT molecular complexity index is 656. The quantitative estimate of drug-likeness (QED) is 0.624. The summed E-state index contributed by atoms with van der Waals surface area (Å²) < 4.78 is 10.5. The van der Waals surface area contributed by atoms with Crippen molar-refractivity contribution < 1.29 is 14.3 Å². The molecule has 26 heavy (non-hydrogen) atoms. The SMILES string of the molecule is COc1cc(/C=N\NC(=O)CC23CC4CC(CC(C4)C2)C3)cc(OC)c1. The predicted molar refractivity (Wildman–Crippen MR) is 101 cm³/mol. The number of amides is 1. The highest BCUT2D eigenvalue weighted by Crippen LogP contribution is 2.61. The van der Waals surface area contributed by atoms with Gasteiger partial charge in [-0.15, -0.1) is 0 Å². The molecular weight excluding hydrogens is 328 g/mol. The molecule has 5 nitrogen and oxygen atoms in total. The van der Waals surface area contributed by atoms with E-state index in [1.165, 1.54) is 38.5 Å². The third-order valence-electron chi connectivity index (χ3n) is 6.48. The Morgan fingerprint density at radius 1 is 1.08 bits per heavy atom. The van der Waals surface area contributed by atoms with Crippen molar-refractivity contribution in [1.29, 1.82) is 0 Å². The van der Waals surface area contributed by atoms with E-state index in [1.807, 2.05) is 18.2 Å². The number of carbonyl (C=O) groups excluding carboxylic acids is 1. The zero-order valence-electron chi connectivity index (χ0n) is 15.7. The molecule has 1 N–H and O–H groups in total. The maximum atomic E-state index is 12.5. The van der Waals surface area contributed by atoms with Crippen LogP contribution in [0, 0.1) is 23.2 Å². The van der Waals surface area contributed by atoms with Gasteiger partial charge in [0.1, 0.15) is 11.5 Å². The van der Waals surface area contributed by atoms with Gasteiger partial charge in [0.25, 0.3) is 0 Å². The van der Waals surface area contributed by atoms with Crippen LogP contribution < -0.4 is 14.9 Å². The van der Waals surface area contributed by atoms with Crippen molar-refractivity contribution in [3.63, 3.8) is 0 Å². The standard InChI is InChI=1S/C21H28N2O3/c1-25-18-6-17(7-19(8-18)26-2)13-22-23-20(24)12-21-9-14-3-15(10-21)5-16(4-14)11-21/h6-8,13-16H,3-5,9-12H2,1-2H3,(H,23,24)/b22-13-. The van der Waals surface area contributed by atoms with Crippen molar-refractivity contribution >= 4 is 12.1 Å². The molecule has 0 saturated heterocycles. The summed E-state index contributed by atoms with van der Waals surface area (Å²) in [6.07, 6.45) is 10.2. The highest BCUT2D eigenvalue weighted by Gasteiger charge is 2.51. The number of benzene rings is 1. The second-order valence-electron chi connectivity index (χ2n) is 8.53. The summed E-state index contributed by atoms with van der Waals surface area (Å²) >= 11 is 0. The molecule has 4 fully saturated rings. The van der Waals surface area contributed by atoms with Gasteiger partial charge in [-0.25, -0.2) is 5.43 Å². The van der Waals surface area contributed by atoms with Gasteiger partial charge < -0.3 is 9.47 Å². The first kappa shape index (κ1) is 17.4. The Balaban J connectivity index is 1.36. The van der Waals surface area contributed by atoms with E-state index in [0.717, 1.165) is 23.3 Å². The van der Waals surface area contributed by atoms with Crippen molar-refractivity contribution in [2.75, 3.05) is 14.2 Å². The van der Waals surface area contributed by atoms with Gasteiger partial charge in [0.15, 0.2) is 0 Å². The van der Waals surface area contributed by atoms with Crippen molar-refractivity contribution in [3.8, 4) is 11.5 Å². The van der Waals surface area contributed by atoms with Gasteiger partial charge in [-0.2, -0.15) is 5.10 Å². The van der Waals surface area contributed by atoms with Crippen LogP contribution in [0.2, 0.25) is 0 Å². The molecule has 0 aliphatic heterocycles. The second kappa shape index (κ2) is 6.93. The van der Waals surface area contributed by atoms with E-state index in [1.54, 1.807) is 20.4 Å². The monoisotopic (exact) mass is 356 g/mol. The third-order valence-corrected chi connectivity index (χ3v) is 6.48. The number of ether oxygens (including phenoxy) is 2. The minimum Gasteiger partial charge on any atom is -0.497 e. The maximum Gasteiger partial charge on any atom is 0.240 e. The Morgan fingerprint density at radius 3 is 2.12 bits per heavy atom. The molecule has 0 unspecified atom stereocenters. The zero-order chi connectivity index (χ0) is 18.1. The molecule has 1 aromatic carbocycles. The molecule has 0 atom stereocenters. The van der Waals surface area contributed by atoms with E-state index in [9.17, 15) is 4.79 Å². The lowest BCUT2D eigenvalue weighted by Crippen LogP contribution is -2.47. The molecule has 140 valence electrons. The largest absolute Gasteiger partial charge is 0.497 e. The summed E-state index contributed by atoms with van der Waals surface area (Å²) in [6.45, 7) is 0. The summed E-state index contributed by atoms with van der Waals surface area (Å²) in [5, 5.41) is 4.15. The number of carbonyl (C=O) groups is 1. The molecule has 4 bridgehead atoms. The minimum atomic E-state index is 0.0399. The van der Waals surface area contributed by atoms with Crippen LogP contribution in [-0.2, 0) is 4.79 Å². The summed E-state index contributed by atoms with van der Waals surface area (Å²) in [5.74, 6) is 4.03. The molecule has 0 aromatic heterocycles. The van der Waals surface area contributed by atoms with Gasteiger partial charge in [-0.3, -0.25) is 4.79 Å². The van der Waals surface area contributed by atoms with Crippen molar-refractivity contribution in [2.45, 2.75) is 44.9 Å². The Labute approximate surface area is 155 Å². The molecule has 5 rings (SSSR count). The fourth-order valence-electron chi connectivity index (χ4n) is 5.97. The third kappa shape index (κ3) is 3.57. The van der Waals surface area contributed by atoms with E-state index in [4.69, 9.17) is 9.47 Å². The summed E-state index contributed by atoms with van der Waals surface area (Å²) in [5.41, 5.74) is 3.80. The number of hydrazone groups is 1. The van der Waals surface area contributed by atoms with Crippen LogP contribution in [0.4, 0.5) is 0 Å². The van der Waals surface area contributed by atoms with Crippen LogP contribution >= 0.6 is 0 Å². The first-order chi connectivity index (χ1) is 12.6. The lowest BCUT2D eigenvalue weighted by Gasteiger charge is -2.56.